The van der Waals surface area contributed by atoms with Gasteiger partial charge in [0.25, 0.3) is 0 Å². The summed E-state index contributed by atoms with van der Waals surface area (Å²) in [7, 11) is 0. The quantitative estimate of drug-likeness (QED) is 0.751. The summed E-state index contributed by atoms with van der Waals surface area (Å²) in [6.07, 6.45) is 2.64. The van der Waals surface area contributed by atoms with Gasteiger partial charge in [0.05, 0.1) is 5.60 Å². The summed E-state index contributed by atoms with van der Waals surface area (Å²) in [6, 6.07) is 9.93. The molecule has 0 aliphatic heterocycles. The molecule has 1 aromatic carbocycles. The van der Waals surface area contributed by atoms with Gasteiger partial charge in [-0.1, -0.05) is 50.6 Å². The number of rotatable bonds is 4. The van der Waals surface area contributed by atoms with Crippen molar-refractivity contribution in [2.75, 3.05) is 0 Å². The lowest BCUT2D eigenvalue weighted by atomic mass is 9.87. The fourth-order valence-electron chi connectivity index (χ4n) is 1.69. The van der Waals surface area contributed by atoms with Crippen molar-refractivity contribution in [2.45, 2.75) is 38.7 Å². The number of hydrogen-bond donors (Lipinski definition) is 1. The van der Waals surface area contributed by atoms with Crippen LogP contribution in [0.3, 0.4) is 0 Å². The topological polar surface area (TPSA) is 20.2 Å². The third kappa shape index (κ3) is 2.31. The lowest BCUT2D eigenvalue weighted by Crippen LogP contribution is -2.24. The molecule has 0 spiro atoms. The average molecular weight is 178 g/mol. The molecule has 1 unspecified atom stereocenters. The highest BCUT2D eigenvalue weighted by molar-refractivity contribution is 5.21. The minimum Gasteiger partial charge on any atom is -0.385 e. The zero-order chi connectivity index (χ0) is 9.73. The Kier molecular flexibility index (Phi) is 3.49. The van der Waals surface area contributed by atoms with Crippen LogP contribution in [0.4, 0.5) is 0 Å². The first-order chi connectivity index (χ1) is 6.23. The molecule has 1 atom stereocenters. The van der Waals surface area contributed by atoms with E-state index >= 15 is 0 Å². The Morgan fingerprint density at radius 1 is 1.15 bits per heavy atom. The lowest BCUT2D eigenvalue weighted by Gasteiger charge is -2.26. The largest absolute Gasteiger partial charge is 0.385 e. The van der Waals surface area contributed by atoms with Crippen LogP contribution in [-0.4, -0.2) is 5.11 Å². The van der Waals surface area contributed by atoms with Gasteiger partial charge >= 0.3 is 0 Å². The highest BCUT2D eigenvalue weighted by Gasteiger charge is 2.25. The van der Waals surface area contributed by atoms with E-state index in [-0.39, 0.29) is 0 Å². The summed E-state index contributed by atoms with van der Waals surface area (Å²) >= 11 is 0. The molecule has 0 aromatic heterocycles. The summed E-state index contributed by atoms with van der Waals surface area (Å²) in [5, 5.41) is 10.3. The molecule has 1 nitrogen and oxygen atoms in total. The van der Waals surface area contributed by atoms with Crippen molar-refractivity contribution >= 4 is 0 Å². The Labute approximate surface area is 80.4 Å². The van der Waals surface area contributed by atoms with Gasteiger partial charge in [-0.2, -0.15) is 0 Å². The summed E-state index contributed by atoms with van der Waals surface area (Å²) in [4.78, 5) is 0. The molecule has 0 aliphatic carbocycles. The van der Waals surface area contributed by atoms with Crippen molar-refractivity contribution < 1.29 is 5.11 Å². The molecule has 13 heavy (non-hydrogen) atoms. The molecular weight excluding hydrogens is 160 g/mol. The van der Waals surface area contributed by atoms with Gasteiger partial charge in [-0.3, -0.25) is 0 Å². The highest BCUT2D eigenvalue weighted by Crippen LogP contribution is 2.29. The van der Waals surface area contributed by atoms with Crippen molar-refractivity contribution in [3.8, 4) is 0 Å². The molecule has 1 N–H and O–H groups in total. The van der Waals surface area contributed by atoms with Crippen LogP contribution in [0.25, 0.3) is 0 Å². The van der Waals surface area contributed by atoms with Crippen molar-refractivity contribution in [3.05, 3.63) is 35.9 Å². The van der Waals surface area contributed by atoms with E-state index in [9.17, 15) is 5.11 Å². The monoisotopic (exact) mass is 178 g/mol. The van der Waals surface area contributed by atoms with Crippen molar-refractivity contribution in [3.63, 3.8) is 0 Å². The third-order valence-electron chi connectivity index (χ3n) is 2.56. The predicted octanol–water partition coefficient (Wildman–Crippen LogP) is 3.08. The van der Waals surface area contributed by atoms with E-state index in [1.165, 1.54) is 0 Å². The maximum absolute atomic E-state index is 10.3. The van der Waals surface area contributed by atoms with E-state index in [0.717, 1.165) is 24.8 Å². The second-order valence-corrected chi connectivity index (χ2v) is 3.50. The van der Waals surface area contributed by atoms with Gasteiger partial charge in [0.15, 0.2) is 0 Å². The summed E-state index contributed by atoms with van der Waals surface area (Å²) in [5.74, 6) is 0. The van der Waals surface area contributed by atoms with Gasteiger partial charge in [-0.15, -0.1) is 0 Å². The van der Waals surface area contributed by atoms with Crippen LogP contribution < -0.4 is 0 Å². The molecule has 0 saturated heterocycles. The maximum Gasteiger partial charge on any atom is 0.0893 e. The maximum atomic E-state index is 10.3. The van der Waals surface area contributed by atoms with Gasteiger partial charge in [0, 0.05) is 0 Å². The van der Waals surface area contributed by atoms with E-state index < -0.39 is 5.60 Å². The zero-order valence-electron chi connectivity index (χ0n) is 8.46. The molecule has 0 saturated carbocycles. The fraction of sp³-hybridized carbons (Fsp3) is 0.500. The van der Waals surface area contributed by atoms with E-state index in [1.807, 2.05) is 37.3 Å². The Hall–Kier alpha value is -0.820. The molecule has 0 heterocycles. The van der Waals surface area contributed by atoms with E-state index in [0.29, 0.717) is 0 Å². The summed E-state index contributed by atoms with van der Waals surface area (Å²) in [6.45, 7) is 4.13. The third-order valence-corrected chi connectivity index (χ3v) is 2.56. The average Bonchev–Trinajstić information content (AvgIpc) is 2.19. The second kappa shape index (κ2) is 4.43. The number of hydrogen-bond acceptors (Lipinski definition) is 1. The van der Waals surface area contributed by atoms with Crippen LogP contribution in [-0.2, 0) is 5.60 Å². The smallest absolute Gasteiger partial charge is 0.0893 e. The van der Waals surface area contributed by atoms with Crippen LogP contribution in [0.15, 0.2) is 30.3 Å². The van der Waals surface area contributed by atoms with E-state index in [4.69, 9.17) is 0 Å². The summed E-state index contributed by atoms with van der Waals surface area (Å²) < 4.78 is 0. The van der Waals surface area contributed by atoms with Crippen LogP contribution in [0, 0.1) is 0 Å². The Morgan fingerprint density at radius 2 is 1.77 bits per heavy atom. The molecule has 0 bridgehead atoms. The minimum atomic E-state index is -0.615. The molecule has 0 fully saturated rings. The van der Waals surface area contributed by atoms with Crippen LogP contribution in [0.1, 0.15) is 38.7 Å². The molecule has 0 aliphatic rings. The van der Waals surface area contributed by atoms with Crippen molar-refractivity contribution in [1.82, 2.24) is 0 Å². The molecule has 1 rings (SSSR count). The first kappa shape index (κ1) is 10.3. The van der Waals surface area contributed by atoms with E-state index in [1.54, 1.807) is 0 Å². The van der Waals surface area contributed by atoms with Crippen LogP contribution in [0.2, 0.25) is 0 Å². The van der Waals surface area contributed by atoms with Crippen LogP contribution in [0.5, 0.6) is 0 Å². The molecular formula is C12H18O. The second-order valence-electron chi connectivity index (χ2n) is 3.50. The van der Waals surface area contributed by atoms with Gasteiger partial charge in [-0.25, -0.2) is 0 Å². The molecule has 1 aromatic rings. The van der Waals surface area contributed by atoms with Crippen molar-refractivity contribution in [1.29, 1.82) is 0 Å². The molecule has 0 amide bonds. The van der Waals surface area contributed by atoms with E-state index in [2.05, 4.69) is 6.92 Å². The SMILES string of the molecule is CCCC(O)(CC)c1ccccc1. The van der Waals surface area contributed by atoms with Gasteiger partial charge in [0.2, 0.25) is 0 Å². The molecule has 72 valence electrons. The highest BCUT2D eigenvalue weighted by atomic mass is 16.3. The Morgan fingerprint density at radius 3 is 2.23 bits per heavy atom. The summed E-state index contributed by atoms with van der Waals surface area (Å²) in [5.41, 5.74) is 0.426. The molecule has 0 radical (unpaired) electrons. The fourth-order valence-corrected chi connectivity index (χ4v) is 1.69. The Bertz CT molecular complexity index is 243. The van der Waals surface area contributed by atoms with Crippen molar-refractivity contribution in [2.24, 2.45) is 0 Å². The Balaban J connectivity index is 2.89. The number of benzene rings is 1. The van der Waals surface area contributed by atoms with Gasteiger partial charge in [0.1, 0.15) is 0 Å². The first-order valence-electron chi connectivity index (χ1n) is 5.01. The van der Waals surface area contributed by atoms with Crippen LogP contribution >= 0.6 is 0 Å². The standard InChI is InChI=1S/C12H18O/c1-3-10-12(13,4-2)11-8-6-5-7-9-11/h5-9,13H,3-4,10H2,1-2H3. The molecule has 1 heteroatoms. The zero-order valence-corrected chi connectivity index (χ0v) is 8.46. The first-order valence-corrected chi connectivity index (χ1v) is 5.01. The predicted molar refractivity (Wildman–Crippen MR) is 55.5 cm³/mol. The normalized spacial score (nSPS) is 15.3. The van der Waals surface area contributed by atoms with Gasteiger partial charge in [-0.05, 0) is 18.4 Å². The minimum absolute atomic E-state index is 0.615. The lowest BCUT2D eigenvalue weighted by molar-refractivity contribution is 0.0226. The number of aliphatic hydroxyl groups is 1. The van der Waals surface area contributed by atoms with Gasteiger partial charge < -0.3 is 5.11 Å².